The maximum atomic E-state index is 14.1. The zero-order valence-electron chi connectivity index (χ0n) is 20.5. The molecule has 1 fully saturated rings. The first-order chi connectivity index (χ1) is 17.5. The Morgan fingerprint density at radius 3 is 2.68 bits per heavy atom. The number of nitrogens with one attached hydrogen (secondary N) is 2. The molecule has 10 heteroatoms. The van der Waals surface area contributed by atoms with Crippen LogP contribution < -0.4 is 11.1 Å². The second-order valence-corrected chi connectivity index (χ2v) is 11.5. The van der Waals surface area contributed by atoms with Crippen LogP contribution in [0.15, 0.2) is 47.4 Å². The first-order valence-electron chi connectivity index (χ1n) is 11.9. The number of carbonyl (C=O) groups is 2. The van der Waals surface area contributed by atoms with Crippen molar-refractivity contribution < 1.29 is 22.4 Å². The lowest BCUT2D eigenvalue weighted by Crippen LogP contribution is -2.32. The minimum atomic E-state index is -3.88. The quantitative estimate of drug-likeness (QED) is 0.443. The number of hydrogen-bond donors (Lipinski definition) is 3. The standard InChI is InChI=1S/C27H27FN4O4S/c1-15-24(30-16(2)25(15)27(34)32-10-9-18(29)13-32)12-21-20-11-19(7-8-23(20)31-26(21)33)37(35,36)14-17-5-3-4-6-22(17)28/h3-8,11-12,18,30H,9-10,13-14,29H2,1-2H3,(H,31,33)/t18-/m1/s1. The van der Waals surface area contributed by atoms with Gasteiger partial charge in [-0.3, -0.25) is 9.59 Å². The van der Waals surface area contributed by atoms with Gasteiger partial charge in [-0.2, -0.15) is 0 Å². The summed E-state index contributed by atoms with van der Waals surface area (Å²) in [5.74, 6) is -1.59. The number of halogens is 1. The van der Waals surface area contributed by atoms with E-state index in [0.29, 0.717) is 46.9 Å². The molecule has 1 aromatic heterocycles. The van der Waals surface area contributed by atoms with E-state index >= 15 is 0 Å². The summed E-state index contributed by atoms with van der Waals surface area (Å²) in [6, 6.07) is 10.1. The van der Waals surface area contributed by atoms with Gasteiger partial charge < -0.3 is 20.9 Å². The van der Waals surface area contributed by atoms with E-state index in [1.54, 1.807) is 24.0 Å². The lowest BCUT2D eigenvalue weighted by Gasteiger charge is -2.16. The molecule has 1 atom stereocenters. The van der Waals surface area contributed by atoms with Crippen LogP contribution in [0.1, 0.15) is 44.9 Å². The van der Waals surface area contributed by atoms with Gasteiger partial charge >= 0.3 is 0 Å². The van der Waals surface area contributed by atoms with Crippen LogP contribution in [0.3, 0.4) is 0 Å². The molecule has 3 aromatic rings. The second-order valence-electron chi connectivity index (χ2n) is 9.53. The van der Waals surface area contributed by atoms with Gasteiger partial charge in [-0.15, -0.1) is 0 Å². The fourth-order valence-corrected chi connectivity index (χ4v) is 6.30. The number of aromatic nitrogens is 1. The molecule has 0 bridgehead atoms. The molecule has 0 saturated carbocycles. The minimum Gasteiger partial charge on any atom is -0.358 e. The van der Waals surface area contributed by atoms with Crippen molar-refractivity contribution in [1.82, 2.24) is 9.88 Å². The molecule has 0 aliphatic carbocycles. The van der Waals surface area contributed by atoms with Crippen molar-refractivity contribution >= 4 is 39.0 Å². The number of nitrogens with two attached hydrogens (primary N) is 1. The number of nitrogens with zero attached hydrogens (tertiary/aromatic N) is 1. The molecule has 3 heterocycles. The Hall–Kier alpha value is -3.76. The largest absolute Gasteiger partial charge is 0.358 e. The van der Waals surface area contributed by atoms with Crippen LogP contribution in [0.2, 0.25) is 0 Å². The van der Waals surface area contributed by atoms with Gasteiger partial charge in [-0.25, -0.2) is 12.8 Å². The van der Waals surface area contributed by atoms with E-state index in [9.17, 15) is 22.4 Å². The molecule has 2 amide bonds. The van der Waals surface area contributed by atoms with Gasteiger partial charge in [0, 0.05) is 47.3 Å². The number of anilines is 1. The lowest BCUT2D eigenvalue weighted by molar-refractivity contribution is -0.110. The van der Waals surface area contributed by atoms with Crippen molar-refractivity contribution in [2.24, 2.45) is 5.73 Å². The Labute approximate surface area is 214 Å². The van der Waals surface area contributed by atoms with Crippen LogP contribution >= 0.6 is 0 Å². The van der Waals surface area contributed by atoms with Crippen LogP contribution in [-0.2, 0) is 20.4 Å². The fraction of sp³-hybridized carbons (Fsp3) is 0.259. The number of sulfone groups is 1. The topological polar surface area (TPSA) is 125 Å². The maximum absolute atomic E-state index is 14.1. The predicted molar refractivity (Wildman–Crippen MR) is 139 cm³/mol. The van der Waals surface area contributed by atoms with Gasteiger partial charge in [-0.1, -0.05) is 18.2 Å². The number of benzene rings is 2. The highest BCUT2D eigenvalue weighted by atomic mass is 32.2. The van der Waals surface area contributed by atoms with Crippen molar-refractivity contribution in [2.75, 3.05) is 18.4 Å². The monoisotopic (exact) mass is 522 g/mol. The third-order valence-electron chi connectivity index (χ3n) is 6.93. The van der Waals surface area contributed by atoms with E-state index in [4.69, 9.17) is 5.73 Å². The Kier molecular flexibility index (Phi) is 6.25. The summed E-state index contributed by atoms with van der Waals surface area (Å²) in [6.45, 7) is 4.70. The molecule has 4 N–H and O–H groups in total. The molecule has 0 radical (unpaired) electrons. The van der Waals surface area contributed by atoms with E-state index in [-0.39, 0.29) is 33.9 Å². The number of amides is 2. The third-order valence-corrected chi connectivity index (χ3v) is 8.59. The number of likely N-dealkylation sites (tertiary alicyclic amines) is 1. The normalized spacial score (nSPS) is 18.4. The zero-order chi connectivity index (χ0) is 26.5. The van der Waals surface area contributed by atoms with E-state index in [1.165, 1.54) is 36.4 Å². The highest BCUT2D eigenvalue weighted by Crippen LogP contribution is 2.36. The Bertz CT molecular complexity index is 1570. The van der Waals surface area contributed by atoms with Crippen LogP contribution in [0, 0.1) is 19.7 Å². The van der Waals surface area contributed by atoms with Gasteiger partial charge in [0.2, 0.25) is 0 Å². The summed E-state index contributed by atoms with van der Waals surface area (Å²) in [7, 11) is -3.88. The van der Waals surface area contributed by atoms with Gasteiger partial charge in [0.1, 0.15) is 5.82 Å². The number of hydrogen-bond acceptors (Lipinski definition) is 5. The highest BCUT2D eigenvalue weighted by molar-refractivity contribution is 7.90. The molecule has 37 heavy (non-hydrogen) atoms. The SMILES string of the molecule is Cc1[nH]c(C=C2C(=O)Nc3ccc(S(=O)(=O)Cc4ccccc4F)cc32)c(C)c1C(=O)N1CC[C@@H](N)C1. The maximum Gasteiger partial charge on any atom is 0.256 e. The molecule has 2 aliphatic heterocycles. The second kappa shape index (κ2) is 9.28. The van der Waals surface area contributed by atoms with Gasteiger partial charge in [0.25, 0.3) is 11.8 Å². The number of rotatable bonds is 5. The molecule has 2 aliphatic rings. The summed E-state index contributed by atoms with van der Waals surface area (Å²) in [5.41, 5.74) is 9.70. The van der Waals surface area contributed by atoms with Gasteiger partial charge in [0.05, 0.1) is 21.8 Å². The fourth-order valence-electron chi connectivity index (χ4n) is 4.92. The van der Waals surface area contributed by atoms with E-state index in [1.807, 2.05) is 6.92 Å². The van der Waals surface area contributed by atoms with Crippen LogP contribution in [0.5, 0.6) is 0 Å². The first kappa shape index (κ1) is 24.9. The van der Waals surface area contributed by atoms with Gasteiger partial charge in [0.15, 0.2) is 9.84 Å². The average Bonchev–Trinajstić information content (AvgIpc) is 3.50. The lowest BCUT2D eigenvalue weighted by atomic mass is 10.0. The zero-order valence-corrected chi connectivity index (χ0v) is 21.3. The minimum absolute atomic E-state index is 0.0162. The summed E-state index contributed by atoms with van der Waals surface area (Å²) in [5, 5.41) is 2.75. The Balaban J connectivity index is 1.50. The van der Waals surface area contributed by atoms with Crippen LogP contribution in [0.25, 0.3) is 11.6 Å². The molecular formula is C27H27FN4O4S. The summed E-state index contributed by atoms with van der Waals surface area (Å²) < 4.78 is 40.2. The number of aromatic amines is 1. The molecule has 192 valence electrons. The Morgan fingerprint density at radius 2 is 1.97 bits per heavy atom. The predicted octanol–water partition coefficient (Wildman–Crippen LogP) is 3.41. The molecule has 0 unspecified atom stereocenters. The molecule has 1 saturated heterocycles. The molecule has 0 spiro atoms. The summed E-state index contributed by atoms with van der Waals surface area (Å²) in [4.78, 5) is 30.9. The van der Waals surface area contributed by atoms with Crippen LogP contribution in [-0.4, -0.2) is 49.2 Å². The van der Waals surface area contributed by atoms with Crippen LogP contribution in [0.4, 0.5) is 10.1 Å². The summed E-state index contributed by atoms with van der Waals surface area (Å²) >= 11 is 0. The number of carbonyl (C=O) groups excluding carboxylic acids is 2. The summed E-state index contributed by atoms with van der Waals surface area (Å²) in [6.07, 6.45) is 2.38. The van der Waals surface area contributed by atoms with Crippen molar-refractivity contribution in [3.8, 4) is 0 Å². The van der Waals surface area contributed by atoms with Crippen molar-refractivity contribution in [3.63, 3.8) is 0 Å². The molecule has 2 aromatic carbocycles. The van der Waals surface area contributed by atoms with Crippen molar-refractivity contribution in [1.29, 1.82) is 0 Å². The number of H-pyrrole nitrogens is 1. The highest BCUT2D eigenvalue weighted by Gasteiger charge is 2.30. The smallest absolute Gasteiger partial charge is 0.256 e. The van der Waals surface area contributed by atoms with Gasteiger partial charge in [-0.05, 0) is 56.2 Å². The van der Waals surface area contributed by atoms with E-state index < -0.39 is 21.4 Å². The number of fused-ring (bicyclic) bond motifs is 1. The van der Waals surface area contributed by atoms with E-state index in [2.05, 4.69) is 10.3 Å². The van der Waals surface area contributed by atoms with Crippen molar-refractivity contribution in [2.45, 2.75) is 37.0 Å². The third kappa shape index (κ3) is 4.58. The van der Waals surface area contributed by atoms with E-state index in [0.717, 1.165) is 6.42 Å². The molecule has 5 rings (SSSR count). The Morgan fingerprint density at radius 1 is 1.22 bits per heavy atom. The molecule has 8 nitrogen and oxygen atoms in total. The molecular weight excluding hydrogens is 495 g/mol. The first-order valence-corrected chi connectivity index (χ1v) is 13.6. The van der Waals surface area contributed by atoms with Crippen molar-refractivity contribution in [3.05, 3.63) is 81.9 Å². The average molecular weight is 523 g/mol. The number of aryl methyl sites for hydroxylation is 1.